The number of aryl methyl sites for hydroxylation is 2. The second-order valence-corrected chi connectivity index (χ2v) is 10.5. The normalized spacial score (nSPS) is 14.0. The summed E-state index contributed by atoms with van der Waals surface area (Å²) in [6.07, 6.45) is 3.54. The highest BCUT2D eigenvalue weighted by molar-refractivity contribution is 5.91. The summed E-state index contributed by atoms with van der Waals surface area (Å²) in [5.74, 6) is 1.64. The number of para-hydroxylation sites is 2. The van der Waals surface area contributed by atoms with Gasteiger partial charge >= 0.3 is 0 Å². The first-order chi connectivity index (χ1) is 19.9. The molecule has 0 bridgehead atoms. The lowest BCUT2D eigenvalue weighted by Crippen LogP contribution is -2.47. The van der Waals surface area contributed by atoms with Crippen LogP contribution in [-0.4, -0.2) is 58.8 Å². The minimum absolute atomic E-state index is 0.0300. The molecular weight excluding hydrogens is 512 g/mol. The van der Waals surface area contributed by atoms with E-state index in [-0.39, 0.29) is 5.91 Å². The van der Waals surface area contributed by atoms with Crippen LogP contribution in [0.25, 0.3) is 11.8 Å². The number of ether oxygens (including phenoxy) is 2. The van der Waals surface area contributed by atoms with Gasteiger partial charge in [0.15, 0.2) is 0 Å². The summed E-state index contributed by atoms with van der Waals surface area (Å²) in [6, 6.07) is 24.1. The maximum absolute atomic E-state index is 13.0. The Bertz CT molecular complexity index is 1520. The number of hydrogen-bond donors (Lipinski definition) is 0. The molecule has 0 atom stereocenters. The number of aromatic nitrogens is 2. The third kappa shape index (κ3) is 6.69. The van der Waals surface area contributed by atoms with Crippen LogP contribution < -0.4 is 9.47 Å². The summed E-state index contributed by atoms with van der Waals surface area (Å²) in [6.45, 7) is 10.5. The molecule has 0 spiro atoms. The van der Waals surface area contributed by atoms with Crippen molar-refractivity contribution in [2.24, 2.45) is 0 Å². The molecule has 1 aliphatic rings. The molecular formula is C34H38N4O3. The number of methoxy groups -OCH3 is 1. The van der Waals surface area contributed by atoms with E-state index in [0.29, 0.717) is 19.7 Å². The zero-order valence-electron chi connectivity index (χ0n) is 24.3. The van der Waals surface area contributed by atoms with E-state index in [9.17, 15) is 4.79 Å². The van der Waals surface area contributed by atoms with Crippen molar-refractivity contribution in [2.45, 2.75) is 33.9 Å². The van der Waals surface area contributed by atoms with Crippen molar-refractivity contribution in [1.82, 2.24) is 19.6 Å². The van der Waals surface area contributed by atoms with Gasteiger partial charge in [0.2, 0.25) is 5.91 Å². The fourth-order valence-corrected chi connectivity index (χ4v) is 5.24. The summed E-state index contributed by atoms with van der Waals surface area (Å²) in [5.41, 5.74) is 7.50. The molecule has 3 aromatic carbocycles. The van der Waals surface area contributed by atoms with Gasteiger partial charge in [-0.2, -0.15) is 5.10 Å². The van der Waals surface area contributed by atoms with Crippen molar-refractivity contribution in [2.75, 3.05) is 33.3 Å². The Balaban J connectivity index is 1.17. The lowest BCUT2D eigenvalue weighted by Gasteiger charge is -2.34. The molecule has 0 unspecified atom stereocenters. The highest BCUT2D eigenvalue weighted by atomic mass is 16.5. The van der Waals surface area contributed by atoms with E-state index in [0.717, 1.165) is 59.2 Å². The van der Waals surface area contributed by atoms with E-state index >= 15 is 0 Å². The first-order valence-corrected chi connectivity index (χ1v) is 14.1. The average Bonchev–Trinajstić information content (AvgIpc) is 3.28. The predicted molar refractivity (Wildman–Crippen MR) is 162 cm³/mol. The molecule has 1 aliphatic heterocycles. The summed E-state index contributed by atoms with van der Waals surface area (Å²) in [4.78, 5) is 17.3. The van der Waals surface area contributed by atoms with Crippen molar-refractivity contribution in [3.8, 4) is 17.2 Å². The monoisotopic (exact) mass is 550 g/mol. The van der Waals surface area contributed by atoms with Crippen molar-refractivity contribution in [3.63, 3.8) is 0 Å². The maximum atomic E-state index is 13.0. The van der Waals surface area contributed by atoms with Gasteiger partial charge in [-0.1, -0.05) is 42.5 Å². The van der Waals surface area contributed by atoms with Gasteiger partial charge in [-0.25, -0.2) is 4.68 Å². The molecule has 1 amide bonds. The lowest BCUT2D eigenvalue weighted by atomic mass is 10.1. The van der Waals surface area contributed by atoms with Gasteiger partial charge in [0, 0.05) is 55.6 Å². The topological polar surface area (TPSA) is 59.8 Å². The SMILES string of the molecule is COc1ccc(/C=C/C(=O)N2CCN(Cc3c(C)nn(-c4ccccc4)c3C)CC2)cc1COc1ccccc1C. The van der Waals surface area contributed by atoms with Crippen molar-refractivity contribution < 1.29 is 14.3 Å². The van der Waals surface area contributed by atoms with Crippen LogP contribution in [0, 0.1) is 20.8 Å². The van der Waals surface area contributed by atoms with Crippen LogP contribution in [0.15, 0.2) is 78.9 Å². The molecule has 2 heterocycles. The Hall–Kier alpha value is -4.36. The molecule has 0 N–H and O–H groups in total. The van der Waals surface area contributed by atoms with Crippen LogP contribution in [0.1, 0.15) is 33.6 Å². The Labute approximate surface area is 242 Å². The minimum Gasteiger partial charge on any atom is -0.496 e. The molecule has 4 aromatic rings. The second kappa shape index (κ2) is 12.9. The number of benzene rings is 3. The molecule has 0 saturated carbocycles. The van der Waals surface area contributed by atoms with Crippen molar-refractivity contribution in [1.29, 1.82) is 0 Å². The highest BCUT2D eigenvalue weighted by Gasteiger charge is 2.22. The molecule has 1 fully saturated rings. The van der Waals surface area contributed by atoms with Gasteiger partial charge < -0.3 is 14.4 Å². The van der Waals surface area contributed by atoms with Crippen LogP contribution in [0.3, 0.4) is 0 Å². The third-order valence-corrected chi connectivity index (χ3v) is 7.71. The molecule has 5 rings (SSSR count). The summed E-state index contributed by atoms with van der Waals surface area (Å²) >= 11 is 0. The van der Waals surface area contributed by atoms with Gasteiger partial charge in [0.05, 0.1) is 18.5 Å². The van der Waals surface area contributed by atoms with E-state index in [1.54, 1.807) is 13.2 Å². The lowest BCUT2D eigenvalue weighted by molar-refractivity contribution is -0.127. The fraction of sp³-hybridized carbons (Fsp3) is 0.294. The zero-order valence-corrected chi connectivity index (χ0v) is 24.3. The average molecular weight is 551 g/mol. The number of rotatable bonds is 9. The van der Waals surface area contributed by atoms with E-state index in [4.69, 9.17) is 14.6 Å². The molecule has 1 aromatic heterocycles. The van der Waals surface area contributed by atoms with Gasteiger partial charge in [0.25, 0.3) is 0 Å². The molecule has 41 heavy (non-hydrogen) atoms. The largest absolute Gasteiger partial charge is 0.496 e. The summed E-state index contributed by atoms with van der Waals surface area (Å²) in [5, 5.41) is 4.79. The van der Waals surface area contributed by atoms with Gasteiger partial charge in [-0.15, -0.1) is 0 Å². The maximum Gasteiger partial charge on any atom is 0.246 e. The van der Waals surface area contributed by atoms with E-state index in [2.05, 4.69) is 30.9 Å². The number of carbonyl (C=O) groups is 1. The second-order valence-electron chi connectivity index (χ2n) is 10.5. The van der Waals surface area contributed by atoms with Gasteiger partial charge in [0.1, 0.15) is 18.1 Å². The molecule has 0 aliphatic carbocycles. The molecule has 0 radical (unpaired) electrons. The van der Waals surface area contributed by atoms with Gasteiger partial charge in [-0.05, 0) is 68.3 Å². The summed E-state index contributed by atoms with van der Waals surface area (Å²) in [7, 11) is 1.66. The van der Waals surface area contributed by atoms with Crippen molar-refractivity contribution in [3.05, 3.63) is 113 Å². The van der Waals surface area contributed by atoms with E-state index < -0.39 is 0 Å². The third-order valence-electron chi connectivity index (χ3n) is 7.71. The standard InChI is InChI=1S/C34H38N4O3/c1-25-10-8-9-13-32(25)41-24-29-22-28(14-16-33(29)40-4)15-17-34(39)37-20-18-36(19-21-37)23-31-26(2)35-38(27(31)3)30-11-6-5-7-12-30/h5-17,22H,18-21,23-24H2,1-4H3/b17-15+. The minimum atomic E-state index is 0.0300. The smallest absolute Gasteiger partial charge is 0.246 e. The number of nitrogens with zero attached hydrogens (tertiary/aromatic N) is 4. The van der Waals surface area contributed by atoms with Gasteiger partial charge in [-0.3, -0.25) is 9.69 Å². The Morgan fingerprint density at radius 1 is 0.902 bits per heavy atom. The van der Waals surface area contributed by atoms with Crippen LogP contribution in [-0.2, 0) is 17.9 Å². The van der Waals surface area contributed by atoms with Crippen LogP contribution >= 0.6 is 0 Å². The Kier molecular flexibility index (Phi) is 8.85. The molecule has 7 heteroatoms. The molecule has 212 valence electrons. The predicted octanol–water partition coefficient (Wildman–Crippen LogP) is 5.74. The molecule has 1 saturated heterocycles. The van der Waals surface area contributed by atoms with E-state index in [1.807, 2.05) is 83.2 Å². The fourth-order valence-electron chi connectivity index (χ4n) is 5.24. The quantitative estimate of drug-likeness (QED) is 0.249. The number of piperazine rings is 1. The summed E-state index contributed by atoms with van der Waals surface area (Å²) < 4.78 is 13.6. The highest BCUT2D eigenvalue weighted by Crippen LogP contribution is 2.25. The number of amides is 1. The first-order valence-electron chi connectivity index (χ1n) is 14.1. The number of hydrogen-bond acceptors (Lipinski definition) is 5. The molecule has 7 nitrogen and oxygen atoms in total. The van der Waals surface area contributed by atoms with Crippen LogP contribution in [0.4, 0.5) is 0 Å². The first kappa shape index (κ1) is 28.2. The van der Waals surface area contributed by atoms with Crippen LogP contribution in [0.2, 0.25) is 0 Å². The number of carbonyl (C=O) groups excluding carboxylic acids is 1. The Morgan fingerprint density at radius 2 is 1.63 bits per heavy atom. The zero-order chi connectivity index (χ0) is 28.8. The Morgan fingerprint density at radius 3 is 2.37 bits per heavy atom. The van der Waals surface area contributed by atoms with Crippen LogP contribution in [0.5, 0.6) is 11.5 Å². The van der Waals surface area contributed by atoms with Crippen molar-refractivity contribution >= 4 is 12.0 Å². The van der Waals surface area contributed by atoms with E-state index in [1.165, 1.54) is 11.3 Å².